The predicted octanol–water partition coefficient (Wildman–Crippen LogP) is 4.60. The zero-order valence-electron chi connectivity index (χ0n) is 11.9. The molecule has 0 spiro atoms. The summed E-state index contributed by atoms with van der Waals surface area (Å²) in [7, 11) is 0. The van der Waals surface area contributed by atoms with Gasteiger partial charge in [0.1, 0.15) is 0 Å². The van der Waals surface area contributed by atoms with Crippen LogP contribution in [0.25, 0.3) is 0 Å². The van der Waals surface area contributed by atoms with E-state index in [0.717, 1.165) is 36.8 Å². The highest BCUT2D eigenvalue weighted by Gasteiger charge is 2.43. The lowest BCUT2D eigenvalue weighted by atomic mass is 9.59. The van der Waals surface area contributed by atoms with Gasteiger partial charge in [-0.1, -0.05) is 36.8 Å². The third-order valence-electron chi connectivity index (χ3n) is 4.82. The standard InChI is InChI=1S/C17H24O/c1-12(2)15-11-16(18)13(3)14-9-7-5-6-8-10-17(14,15)4/h6,8,15H,1,5,7,9-11H2,2-4H3/b8-6-/t15-,17-/m0/s1. The lowest BCUT2D eigenvalue weighted by molar-refractivity contribution is -0.117. The van der Waals surface area contributed by atoms with Gasteiger partial charge in [-0.2, -0.15) is 0 Å². The van der Waals surface area contributed by atoms with Crippen molar-refractivity contribution < 1.29 is 4.79 Å². The number of rotatable bonds is 1. The first-order valence-electron chi connectivity index (χ1n) is 7.00. The maximum absolute atomic E-state index is 12.2. The van der Waals surface area contributed by atoms with Gasteiger partial charge in [0.05, 0.1) is 0 Å². The van der Waals surface area contributed by atoms with E-state index in [1.54, 1.807) is 0 Å². The molecule has 0 saturated carbocycles. The number of allylic oxidation sites excluding steroid dienone is 5. The predicted molar refractivity (Wildman–Crippen MR) is 76.3 cm³/mol. The van der Waals surface area contributed by atoms with Gasteiger partial charge in [0.15, 0.2) is 5.78 Å². The quantitative estimate of drug-likeness (QED) is 0.616. The first-order valence-corrected chi connectivity index (χ1v) is 7.00. The number of Topliss-reactive ketones (excluding diaryl/α,β-unsaturated/α-hetero) is 1. The van der Waals surface area contributed by atoms with Gasteiger partial charge in [-0.15, -0.1) is 0 Å². The highest BCUT2D eigenvalue weighted by Crippen LogP contribution is 2.51. The van der Waals surface area contributed by atoms with Crippen molar-refractivity contribution in [2.24, 2.45) is 11.3 Å². The van der Waals surface area contributed by atoms with E-state index < -0.39 is 0 Å². The van der Waals surface area contributed by atoms with Crippen LogP contribution in [-0.4, -0.2) is 5.78 Å². The summed E-state index contributed by atoms with van der Waals surface area (Å²) in [6, 6.07) is 0. The molecule has 0 amide bonds. The van der Waals surface area contributed by atoms with Gasteiger partial charge in [-0.3, -0.25) is 4.79 Å². The number of carbonyl (C=O) groups is 1. The number of hydrogen-bond donors (Lipinski definition) is 0. The summed E-state index contributed by atoms with van der Waals surface area (Å²) in [5, 5.41) is 0. The molecule has 2 atom stereocenters. The minimum Gasteiger partial charge on any atom is -0.295 e. The summed E-state index contributed by atoms with van der Waals surface area (Å²) in [6.07, 6.45) is 9.66. The summed E-state index contributed by atoms with van der Waals surface area (Å²) in [6.45, 7) is 10.6. The van der Waals surface area contributed by atoms with Crippen molar-refractivity contribution in [2.75, 3.05) is 0 Å². The van der Waals surface area contributed by atoms with Crippen molar-refractivity contribution in [3.05, 3.63) is 35.5 Å². The van der Waals surface area contributed by atoms with Crippen LogP contribution in [0.4, 0.5) is 0 Å². The van der Waals surface area contributed by atoms with E-state index in [9.17, 15) is 4.79 Å². The monoisotopic (exact) mass is 244 g/mol. The van der Waals surface area contributed by atoms with Crippen molar-refractivity contribution in [1.29, 1.82) is 0 Å². The Morgan fingerprint density at radius 2 is 2.17 bits per heavy atom. The van der Waals surface area contributed by atoms with E-state index in [0.29, 0.717) is 18.1 Å². The maximum atomic E-state index is 12.2. The summed E-state index contributed by atoms with van der Waals surface area (Å²) in [5.74, 6) is 0.645. The molecular weight excluding hydrogens is 220 g/mol. The molecule has 0 aromatic heterocycles. The van der Waals surface area contributed by atoms with E-state index in [4.69, 9.17) is 0 Å². The van der Waals surface area contributed by atoms with Crippen LogP contribution in [0.5, 0.6) is 0 Å². The molecule has 0 heterocycles. The highest BCUT2D eigenvalue weighted by molar-refractivity contribution is 5.97. The van der Waals surface area contributed by atoms with Gasteiger partial charge < -0.3 is 0 Å². The van der Waals surface area contributed by atoms with Crippen molar-refractivity contribution in [1.82, 2.24) is 0 Å². The van der Waals surface area contributed by atoms with Crippen LogP contribution in [-0.2, 0) is 4.79 Å². The second kappa shape index (κ2) is 4.87. The molecule has 18 heavy (non-hydrogen) atoms. The van der Waals surface area contributed by atoms with E-state index in [1.165, 1.54) is 5.57 Å². The second-order valence-corrected chi connectivity index (χ2v) is 6.12. The molecule has 2 aliphatic carbocycles. The average molecular weight is 244 g/mol. The van der Waals surface area contributed by atoms with E-state index >= 15 is 0 Å². The first kappa shape index (κ1) is 13.3. The highest BCUT2D eigenvalue weighted by atomic mass is 16.1. The maximum Gasteiger partial charge on any atom is 0.159 e. The smallest absolute Gasteiger partial charge is 0.159 e. The summed E-state index contributed by atoms with van der Waals surface area (Å²) >= 11 is 0. The lowest BCUT2D eigenvalue weighted by Crippen LogP contribution is -2.37. The molecule has 0 aromatic carbocycles. The largest absolute Gasteiger partial charge is 0.295 e. The molecular formula is C17H24O. The zero-order valence-corrected chi connectivity index (χ0v) is 11.9. The van der Waals surface area contributed by atoms with Gasteiger partial charge >= 0.3 is 0 Å². The fourth-order valence-corrected chi connectivity index (χ4v) is 3.67. The summed E-state index contributed by atoms with van der Waals surface area (Å²) < 4.78 is 0. The van der Waals surface area contributed by atoms with Gasteiger partial charge in [0.25, 0.3) is 0 Å². The number of hydrogen-bond acceptors (Lipinski definition) is 1. The molecule has 1 nitrogen and oxygen atoms in total. The van der Waals surface area contributed by atoms with Crippen molar-refractivity contribution in [2.45, 2.75) is 52.9 Å². The van der Waals surface area contributed by atoms with Crippen LogP contribution < -0.4 is 0 Å². The Balaban J connectivity index is 2.53. The van der Waals surface area contributed by atoms with Crippen molar-refractivity contribution in [3.63, 3.8) is 0 Å². The summed E-state index contributed by atoms with van der Waals surface area (Å²) in [4.78, 5) is 12.2. The molecule has 0 unspecified atom stereocenters. The van der Waals surface area contributed by atoms with Crippen molar-refractivity contribution in [3.8, 4) is 0 Å². The van der Waals surface area contributed by atoms with Crippen molar-refractivity contribution >= 4 is 5.78 Å². The fraction of sp³-hybridized carbons (Fsp3) is 0.588. The molecule has 0 bridgehead atoms. The molecule has 98 valence electrons. The lowest BCUT2D eigenvalue weighted by Gasteiger charge is -2.44. The fourth-order valence-electron chi connectivity index (χ4n) is 3.67. The van der Waals surface area contributed by atoms with Crippen LogP contribution in [0.15, 0.2) is 35.5 Å². The van der Waals surface area contributed by atoms with Crippen LogP contribution in [0.3, 0.4) is 0 Å². The second-order valence-electron chi connectivity index (χ2n) is 6.12. The van der Waals surface area contributed by atoms with Crippen LogP contribution in [0, 0.1) is 11.3 Å². The number of ketones is 1. The first-order chi connectivity index (χ1) is 8.47. The Labute approximate surface area is 111 Å². The van der Waals surface area contributed by atoms with E-state index in [1.807, 2.05) is 6.92 Å². The van der Waals surface area contributed by atoms with Crippen LogP contribution in [0.2, 0.25) is 0 Å². The van der Waals surface area contributed by atoms with E-state index in [-0.39, 0.29) is 5.41 Å². The third-order valence-corrected chi connectivity index (χ3v) is 4.82. The Morgan fingerprint density at radius 1 is 1.44 bits per heavy atom. The number of carbonyl (C=O) groups excluding carboxylic acids is 1. The molecule has 2 aliphatic rings. The van der Waals surface area contributed by atoms with Gasteiger partial charge in [0, 0.05) is 6.42 Å². The molecule has 0 aliphatic heterocycles. The Hall–Kier alpha value is -1.11. The van der Waals surface area contributed by atoms with Gasteiger partial charge in [-0.05, 0) is 56.4 Å². The Bertz CT molecular complexity index is 439. The molecule has 0 radical (unpaired) electrons. The summed E-state index contributed by atoms with van der Waals surface area (Å²) in [5.41, 5.74) is 3.70. The zero-order chi connectivity index (χ0) is 13.3. The van der Waals surface area contributed by atoms with Gasteiger partial charge in [-0.25, -0.2) is 0 Å². The molecule has 0 aromatic rings. The Morgan fingerprint density at radius 3 is 2.83 bits per heavy atom. The Kier molecular flexibility index (Phi) is 3.61. The number of fused-ring (bicyclic) bond motifs is 1. The molecule has 0 N–H and O–H groups in total. The normalized spacial score (nSPS) is 34.6. The molecule has 0 fully saturated rings. The SMILES string of the molecule is C=C(C)[C@@H]1CC(=O)C(C)=C2CCC/C=C\C[C@@]21C. The molecule has 2 rings (SSSR count). The molecule has 0 saturated heterocycles. The van der Waals surface area contributed by atoms with Gasteiger partial charge in [0.2, 0.25) is 0 Å². The molecule has 1 heteroatoms. The average Bonchev–Trinajstić information content (AvgIpc) is 2.28. The topological polar surface area (TPSA) is 17.1 Å². The van der Waals surface area contributed by atoms with E-state index in [2.05, 4.69) is 32.6 Å². The minimum atomic E-state index is 0.112. The van der Waals surface area contributed by atoms with Crippen LogP contribution in [0.1, 0.15) is 52.9 Å². The van der Waals surface area contributed by atoms with Crippen LogP contribution >= 0.6 is 0 Å². The third kappa shape index (κ3) is 2.11. The minimum absolute atomic E-state index is 0.112.